The predicted octanol–water partition coefficient (Wildman–Crippen LogP) is 5.16. The monoisotopic (exact) mass is 406 g/mol. The summed E-state index contributed by atoms with van der Waals surface area (Å²) in [6.45, 7) is 4.35. The molecule has 1 aromatic carbocycles. The highest BCUT2D eigenvalue weighted by molar-refractivity contribution is 7.10. The van der Waals surface area contributed by atoms with Gasteiger partial charge in [-0.25, -0.2) is 0 Å². The van der Waals surface area contributed by atoms with Gasteiger partial charge in [0.05, 0.1) is 5.54 Å². The topological polar surface area (TPSA) is 23.6 Å². The molecule has 5 rings (SSSR count). The lowest BCUT2D eigenvalue weighted by molar-refractivity contribution is -0.125. The van der Waals surface area contributed by atoms with Crippen molar-refractivity contribution < 1.29 is 4.79 Å². The number of likely N-dealkylation sites (tertiary alicyclic amines) is 2. The van der Waals surface area contributed by atoms with E-state index in [2.05, 4.69) is 27.3 Å². The number of rotatable bonds is 4. The molecular weight excluding hydrogens is 376 g/mol. The molecule has 29 heavy (non-hydrogen) atoms. The Morgan fingerprint density at radius 2 is 1.72 bits per heavy atom. The standard InChI is InChI=1S/C25H30N2OS/c28-23(10-9-21-6-2-1-3-7-21)26-18-15-24(20-26)11-13-25(14-12-24,27-16-5-17-27)22-8-4-19-29-22/h1-4,6-10,19H,5,11-18,20H2/b10-9+. The van der Waals surface area contributed by atoms with Crippen LogP contribution in [-0.4, -0.2) is 41.9 Å². The molecule has 0 unspecified atom stereocenters. The highest BCUT2D eigenvalue weighted by Crippen LogP contribution is 2.54. The third kappa shape index (κ3) is 3.57. The Morgan fingerprint density at radius 3 is 2.38 bits per heavy atom. The first-order valence-electron chi connectivity index (χ1n) is 11.0. The lowest BCUT2D eigenvalue weighted by atomic mass is 9.65. The van der Waals surface area contributed by atoms with E-state index in [1.165, 1.54) is 51.6 Å². The molecule has 2 aliphatic heterocycles. The molecular formula is C25H30N2OS. The normalized spacial score (nSPS) is 30.1. The second-order valence-electron chi connectivity index (χ2n) is 9.10. The molecule has 3 nitrogen and oxygen atoms in total. The van der Waals surface area contributed by atoms with Crippen molar-refractivity contribution in [2.24, 2.45) is 5.41 Å². The second kappa shape index (κ2) is 7.73. The van der Waals surface area contributed by atoms with Crippen molar-refractivity contribution in [3.05, 3.63) is 64.4 Å². The Kier molecular flexibility index (Phi) is 5.09. The first-order valence-corrected chi connectivity index (χ1v) is 11.9. The highest BCUT2D eigenvalue weighted by atomic mass is 32.1. The lowest BCUT2D eigenvalue weighted by Gasteiger charge is -2.54. The van der Waals surface area contributed by atoms with Crippen molar-refractivity contribution in [2.75, 3.05) is 26.2 Å². The molecule has 1 aromatic heterocycles. The van der Waals surface area contributed by atoms with E-state index in [1.54, 1.807) is 11.0 Å². The van der Waals surface area contributed by atoms with Gasteiger partial charge in [0.15, 0.2) is 0 Å². The highest BCUT2D eigenvalue weighted by Gasteiger charge is 2.50. The smallest absolute Gasteiger partial charge is 0.246 e. The molecule has 4 heteroatoms. The van der Waals surface area contributed by atoms with Crippen LogP contribution < -0.4 is 0 Å². The van der Waals surface area contributed by atoms with Crippen molar-refractivity contribution >= 4 is 23.3 Å². The van der Waals surface area contributed by atoms with E-state index in [1.807, 2.05) is 47.7 Å². The van der Waals surface area contributed by atoms with Gasteiger partial charge in [-0.1, -0.05) is 36.4 Å². The van der Waals surface area contributed by atoms with Gasteiger partial charge in [0.25, 0.3) is 0 Å². The number of carbonyl (C=O) groups is 1. The van der Waals surface area contributed by atoms with Gasteiger partial charge in [0, 0.05) is 37.1 Å². The number of carbonyl (C=O) groups excluding carboxylic acids is 1. The van der Waals surface area contributed by atoms with E-state index < -0.39 is 0 Å². The number of nitrogens with zero attached hydrogens (tertiary/aromatic N) is 2. The van der Waals surface area contributed by atoms with Crippen LogP contribution in [-0.2, 0) is 10.3 Å². The summed E-state index contributed by atoms with van der Waals surface area (Å²) in [6.07, 6.45) is 11.2. The zero-order chi connectivity index (χ0) is 19.7. The van der Waals surface area contributed by atoms with Crippen molar-refractivity contribution in [3.8, 4) is 0 Å². The van der Waals surface area contributed by atoms with Crippen molar-refractivity contribution in [3.63, 3.8) is 0 Å². The maximum absolute atomic E-state index is 12.8. The van der Waals surface area contributed by atoms with Gasteiger partial charge in [-0.2, -0.15) is 0 Å². The molecule has 3 aliphatic rings. The molecule has 0 atom stereocenters. The summed E-state index contributed by atoms with van der Waals surface area (Å²) < 4.78 is 0. The van der Waals surface area contributed by atoms with Crippen LogP contribution in [0.4, 0.5) is 0 Å². The Hall–Kier alpha value is -1.91. The average Bonchev–Trinajstić information content (AvgIpc) is 3.39. The van der Waals surface area contributed by atoms with E-state index in [-0.39, 0.29) is 11.4 Å². The number of benzene rings is 1. The molecule has 0 N–H and O–H groups in total. The summed E-state index contributed by atoms with van der Waals surface area (Å²) in [5.74, 6) is 0.170. The fraction of sp³-hybridized carbons (Fsp3) is 0.480. The van der Waals surface area contributed by atoms with Crippen LogP contribution in [0.1, 0.15) is 49.0 Å². The van der Waals surface area contributed by atoms with Crippen LogP contribution in [0.2, 0.25) is 0 Å². The van der Waals surface area contributed by atoms with Crippen LogP contribution in [0.25, 0.3) is 6.08 Å². The fourth-order valence-corrected chi connectivity index (χ4v) is 6.58. The van der Waals surface area contributed by atoms with E-state index in [0.29, 0.717) is 5.41 Å². The van der Waals surface area contributed by atoms with E-state index in [9.17, 15) is 4.79 Å². The van der Waals surface area contributed by atoms with Crippen molar-refractivity contribution in [1.82, 2.24) is 9.80 Å². The zero-order valence-corrected chi connectivity index (χ0v) is 17.9. The Balaban J connectivity index is 1.24. The third-order valence-corrected chi connectivity index (χ3v) is 8.61. The van der Waals surface area contributed by atoms with Gasteiger partial charge < -0.3 is 4.90 Å². The molecule has 1 saturated carbocycles. The quantitative estimate of drug-likeness (QED) is 0.655. The van der Waals surface area contributed by atoms with Crippen molar-refractivity contribution in [1.29, 1.82) is 0 Å². The number of hydrogen-bond donors (Lipinski definition) is 0. The zero-order valence-electron chi connectivity index (χ0n) is 17.1. The largest absolute Gasteiger partial charge is 0.339 e. The SMILES string of the molecule is O=C(/C=C/c1ccccc1)N1CCC2(CCC(c3cccs3)(N3CCC3)CC2)C1. The van der Waals surface area contributed by atoms with Gasteiger partial charge in [-0.3, -0.25) is 9.69 Å². The van der Waals surface area contributed by atoms with Crippen LogP contribution in [0, 0.1) is 5.41 Å². The molecule has 152 valence electrons. The van der Waals surface area contributed by atoms with Crippen LogP contribution in [0.5, 0.6) is 0 Å². The van der Waals surface area contributed by atoms with E-state index in [4.69, 9.17) is 0 Å². The van der Waals surface area contributed by atoms with Crippen LogP contribution in [0.15, 0.2) is 53.9 Å². The molecule has 0 bridgehead atoms. The summed E-state index contributed by atoms with van der Waals surface area (Å²) >= 11 is 1.93. The lowest BCUT2D eigenvalue weighted by Crippen LogP contribution is -2.55. The second-order valence-corrected chi connectivity index (χ2v) is 10.1. The molecule has 2 saturated heterocycles. The molecule has 3 heterocycles. The Labute approximate surface area is 178 Å². The molecule has 2 aromatic rings. The molecule has 0 radical (unpaired) electrons. The molecule has 1 amide bonds. The Morgan fingerprint density at radius 1 is 0.931 bits per heavy atom. The third-order valence-electron chi connectivity index (χ3n) is 7.55. The van der Waals surface area contributed by atoms with Gasteiger partial charge in [0.1, 0.15) is 0 Å². The minimum absolute atomic E-state index is 0.170. The number of amides is 1. The van der Waals surface area contributed by atoms with E-state index in [0.717, 1.165) is 18.7 Å². The van der Waals surface area contributed by atoms with Gasteiger partial charge in [-0.05, 0) is 67.0 Å². The maximum atomic E-state index is 12.8. The minimum atomic E-state index is 0.170. The Bertz CT molecular complexity index is 861. The number of hydrogen-bond acceptors (Lipinski definition) is 3. The van der Waals surface area contributed by atoms with E-state index >= 15 is 0 Å². The summed E-state index contributed by atoms with van der Waals surface area (Å²) in [5, 5.41) is 2.23. The maximum Gasteiger partial charge on any atom is 0.246 e. The first kappa shape index (κ1) is 19.1. The summed E-state index contributed by atoms with van der Waals surface area (Å²) in [5.41, 5.74) is 1.69. The fourth-order valence-electron chi connectivity index (χ4n) is 5.57. The molecule has 3 fully saturated rings. The van der Waals surface area contributed by atoms with Gasteiger partial charge in [0.2, 0.25) is 5.91 Å². The van der Waals surface area contributed by atoms with Crippen molar-refractivity contribution in [2.45, 2.75) is 44.1 Å². The van der Waals surface area contributed by atoms with Crippen LogP contribution >= 0.6 is 11.3 Å². The summed E-state index contributed by atoms with van der Waals surface area (Å²) in [4.78, 5) is 19.1. The summed E-state index contributed by atoms with van der Waals surface area (Å²) in [6, 6.07) is 14.7. The van der Waals surface area contributed by atoms with Gasteiger partial charge in [-0.15, -0.1) is 11.3 Å². The van der Waals surface area contributed by atoms with Gasteiger partial charge >= 0.3 is 0 Å². The number of thiophene rings is 1. The minimum Gasteiger partial charge on any atom is -0.339 e. The molecule has 1 spiro atoms. The average molecular weight is 407 g/mol. The summed E-state index contributed by atoms with van der Waals surface area (Å²) in [7, 11) is 0. The molecule has 1 aliphatic carbocycles. The first-order chi connectivity index (χ1) is 14.2. The van der Waals surface area contributed by atoms with Crippen LogP contribution in [0.3, 0.4) is 0 Å². The predicted molar refractivity (Wildman–Crippen MR) is 120 cm³/mol.